The molecule has 2 aliphatic rings. The Hall–Kier alpha value is -0.910. The lowest BCUT2D eigenvalue weighted by molar-refractivity contribution is -0.149. The van der Waals surface area contributed by atoms with Gasteiger partial charge < -0.3 is 14.0 Å². The van der Waals surface area contributed by atoms with Gasteiger partial charge in [0.05, 0.1) is 18.4 Å². The minimum Gasteiger partial charge on any atom is -0.384 e. The summed E-state index contributed by atoms with van der Waals surface area (Å²) in [6.07, 6.45) is 3.77. The summed E-state index contributed by atoms with van der Waals surface area (Å²) < 4.78 is 16.7. The summed E-state index contributed by atoms with van der Waals surface area (Å²) in [6, 6.07) is 2.02. The van der Waals surface area contributed by atoms with E-state index in [0.717, 1.165) is 57.1 Å². The topological polar surface area (TPSA) is 47.7 Å². The second-order valence-electron chi connectivity index (χ2n) is 6.19. The van der Waals surface area contributed by atoms with Crippen molar-refractivity contribution in [3.8, 4) is 0 Å². The van der Waals surface area contributed by atoms with E-state index in [2.05, 4.69) is 10.1 Å². The fraction of sp³-hybridized carbons (Fsp3) is 0.800. The Morgan fingerprint density at radius 2 is 2.45 bits per heavy atom. The lowest BCUT2D eigenvalue weighted by atomic mass is 9.73. The van der Waals surface area contributed by atoms with Crippen LogP contribution in [0.25, 0.3) is 0 Å². The summed E-state index contributed by atoms with van der Waals surface area (Å²) >= 11 is 0. The number of nitrogens with zero attached hydrogens (tertiary/aromatic N) is 2. The van der Waals surface area contributed by atoms with Crippen LogP contribution in [0.3, 0.4) is 0 Å². The third-order valence-electron chi connectivity index (χ3n) is 4.56. The van der Waals surface area contributed by atoms with Crippen molar-refractivity contribution in [2.75, 3.05) is 33.4 Å². The van der Waals surface area contributed by atoms with Crippen molar-refractivity contribution >= 4 is 0 Å². The van der Waals surface area contributed by atoms with Gasteiger partial charge in [0, 0.05) is 44.8 Å². The zero-order valence-electron chi connectivity index (χ0n) is 12.4. The summed E-state index contributed by atoms with van der Waals surface area (Å²) in [4.78, 5) is 2.46. The number of likely N-dealkylation sites (tertiary alicyclic amines) is 1. The number of aromatic nitrogens is 1. The van der Waals surface area contributed by atoms with Crippen LogP contribution < -0.4 is 0 Å². The van der Waals surface area contributed by atoms with E-state index in [4.69, 9.17) is 14.0 Å². The highest BCUT2D eigenvalue weighted by molar-refractivity contribution is 5.05. The van der Waals surface area contributed by atoms with E-state index < -0.39 is 0 Å². The molecule has 0 aliphatic carbocycles. The number of piperidine rings is 1. The predicted molar refractivity (Wildman–Crippen MR) is 74.4 cm³/mol. The highest BCUT2D eigenvalue weighted by atomic mass is 16.5. The molecule has 0 radical (unpaired) electrons. The van der Waals surface area contributed by atoms with Crippen LogP contribution in [0.15, 0.2) is 10.6 Å². The summed E-state index contributed by atoms with van der Waals surface area (Å²) in [7, 11) is 1.79. The molecule has 1 aromatic heterocycles. The Morgan fingerprint density at radius 3 is 3.20 bits per heavy atom. The van der Waals surface area contributed by atoms with Crippen LogP contribution in [0, 0.1) is 12.3 Å². The molecule has 0 aromatic carbocycles. The molecule has 0 N–H and O–H groups in total. The smallest absolute Gasteiger partial charge is 0.133 e. The summed E-state index contributed by atoms with van der Waals surface area (Å²) in [5.74, 6) is 0.877. The monoisotopic (exact) mass is 280 g/mol. The molecule has 1 aromatic rings. The van der Waals surface area contributed by atoms with Gasteiger partial charge in [-0.05, 0) is 26.2 Å². The first-order chi connectivity index (χ1) is 9.72. The van der Waals surface area contributed by atoms with E-state index in [1.807, 2.05) is 13.0 Å². The number of hydrogen-bond acceptors (Lipinski definition) is 5. The molecule has 0 spiro atoms. The van der Waals surface area contributed by atoms with Crippen molar-refractivity contribution < 1.29 is 14.0 Å². The van der Waals surface area contributed by atoms with Crippen molar-refractivity contribution in [1.82, 2.24) is 10.1 Å². The predicted octanol–water partition coefficient (Wildman–Crippen LogP) is 2.00. The van der Waals surface area contributed by atoms with Crippen LogP contribution in [0.4, 0.5) is 0 Å². The van der Waals surface area contributed by atoms with Gasteiger partial charge in [0.1, 0.15) is 5.76 Å². The third kappa shape index (κ3) is 2.75. The molecule has 0 saturated carbocycles. The van der Waals surface area contributed by atoms with E-state index in [9.17, 15) is 0 Å². The molecule has 2 atom stereocenters. The van der Waals surface area contributed by atoms with Crippen LogP contribution in [-0.4, -0.2) is 49.6 Å². The van der Waals surface area contributed by atoms with E-state index in [0.29, 0.717) is 6.10 Å². The Morgan fingerprint density at radius 1 is 1.55 bits per heavy atom. The fourth-order valence-corrected chi connectivity index (χ4v) is 3.74. The van der Waals surface area contributed by atoms with Crippen molar-refractivity contribution in [2.24, 2.45) is 5.41 Å². The van der Waals surface area contributed by atoms with Gasteiger partial charge in [-0.25, -0.2) is 0 Å². The molecule has 0 unspecified atom stereocenters. The van der Waals surface area contributed by atoms with Crippen LogP contribution >= 0.6 is 0 Å². The van der Waals surface area contributed by atoms with Gasteiger partial charge in [0.15, 0.2) is 0 Å². The molecule has 0 amide bonds. The molecule has 3 heterocycles. The van der Waals surface area contributed by atoms with Crippen molar-refractivity contribution in [2.45, 2.75) is 38.8 Å². The highest BCUT2D eigenvalue weighted by Crippen LogP contribution is 2.40. The van der Waals surface area contributed by atoms with Crippen molar-refractivity contribution in [1.29, 1.82) is 0 Å². The number of hydrogen-bond donors (Lipinski definition) is 0. The quantitative estimate of drug-likeness (QED) is 0.844. The molecule has 2 saturated heterocycles. The summed E-state index contributed by atoms with van der Waals surface area (Å²) in [5, 5.41) is 4.10. The number of fused-ring (bicyclic) bond motifs is 1. The Kier molecular flexibility index (Phi) is 4.10. The average molecular weight is 280 g/mol. The molecular weight excluding hydrogens is 256 g/mol. The van der Waals surface area contributed by atoms with Gasteiger partial charge in [-0.15, -0.1) is 0 Å². The third-order valence-corrected chi connectivity index (χ3v) is 4.56. The zero-order valence-corrected chi connectivity index (χ0v) is 12.4. The Labute approximate surface area is 120 Å². The molecule has 20 heavy (non-hydrogen) atoms. The van der Waals surface area contributed by atoms with Gasteiger partial charge in [-0.1, -0.05) is 5.16 Å². The Balaban J connectivity index is 1.69. The minimum atomic E-state index is 0.157. The lowest BCUT2D eigenvalue weighted by Gasteiger charge is -2.50. The molecule has 112 valence electrons. The molecular formula is C15H24N2O3. The molecule has 2 fully saturated rings. The maximum atomic E-state index is 6.00. The van der Waals surface area contributed by atoms with Gasteiger partial charge in [-0.2, -0.15) is 0 Å². The maximum Gasteiger partial charge on any atom is 0.133 e. The highest BCUT2D eigenvalue weighted by Gasteiger charge is 2.45. The van der Waals surface area contributed by atoms with E-state index in [1.165, 1.54) is 6.42 Å². The average Bonchev–Trinajstić information content (AvgIpc) is 2.84. The maximum absolute atomic E-state index is 6.00. The number of methoxy groups -OCH3 is 1. The zero-order chi connectivity index (χ0) is 14.0. The van der Waals surface area contributed by atoms with E-state index in [1.54, 1.807) is 7.11 Å². The van der Waals surface area contributed by atoms with Crippen LogP contribution in [0.5, 0.6) is 0 Å². The van der Waals surface area contributed by atoms with Gasteiger partial charge in [0.25, 0.3) is 0 Å². The first-order valence-electron chi connectivity index (χ1n) is 7.47. The van der Waals surface area contributed by atoms with Crippen molar-refractivity contribution in [3.63, 3.8) is 0 Å². The fourth-order valence-electron chi connectivity index (χ4n) is 3.74. The Bertz CT molecular complexity index is 444. The molecule has 3 rings (SSSR count). The normalized spacial score (nSPS) is 31.2. The van der Waals surface area contributed by atoms with Crippen LogP contribution in [0.1, 0.15) is 30.7 Å². The number of rotatable bonds is 4. The molecule has 5 heteroatoms. The minimum absolute atomic E-state index is 0.157. The first-order valence-corrected chi connectivity index (χ1v) is 7.47. The number of ether oxygens (including phenoxy) is 2. The van der Waals surface area contributed by atoms with Crippen LogP contribution in [0.2, 0.25) is 0 Å². The molecule has 5 nitrogen and oxygen atoms in total. The van der Waals surface area contributed by atoms with Gasteiger partial charge in [-0.3, -0.25) is 4.90 Å². The van der Waals surface area contributed by atoms with Gasteiger partial charge in [0.2, 0.25) is 0 Å². The second kappa shape index (κ2) is 5.84. The largest absolute Gasteiger partial charge is 0.384 e. The first kappa shape index (κ1) is 14.0. The number of aryl methyl sites for hydroxylation is 1. The van der Waals surface area contributed by atoms with Crippen LogP contribution in [-0.2, 0) is 16.0 Å². The van der Waals surface area contributed by atoms with Gasteiger partial charge >= 0.3 is 0 Å². The lowest BCUT2D eigenvalue weighted by Crippen LogP contribution is -2.56. The summed E-state index contributed by atoms with van der Waals surface area (Å²) in [6.45, 7) is 6.56. The van der Waals surface area contributed by atoms with E-state index in [-0.39, 0.29) is 5.41 Å². The SMILES string of the molecule is COC[C@]12CCCO[C@@H]1CCN(Cc1cc(C)on1)C2. The standard InChI is InChI=1S/C15H24N2O3/c1-12-8-13(16-20-12)9-17-6-4-14-15(10-17,11-18-2)5-3-7-19-14/h8,14H,3-7,9-11H2,1-2H3/t14-,15-/m1/s1. The van der Waals surface area contributed by atoms with E-state index >= 15 is 0 Å². The molecule has 2 aliphatic heterocycles. The second-order valence-corrected chi connectivity index (χ2v) is 6.19. The van der Waals surface area contributed by atoms with Crippen molar-refractivity contribution in [3.05, 3.63) is 17.5 Å². The summed E-state index contributed by atoms with van der Waals surface area (Å²) in [5.41, 5.74) is 1.18. The molecule has 0 bridgehead atoms.